The van der Waals surface area contributed by atoms with Crippen LogP contribution < -0.4 is 14.2 Å². The van der Waals surface area contributed by atoms with Gasteiger partial charge < -0.3 is 14.2 Å². The summed E-state index contributed by atoms with van der Waals surface area (Å²) in [6, 6.07) is 91.5. The highest BCUT2D eigenvalue weighted by molar-refractivity contribution is 14.1. The normalized spacial score (nSPS) is 11.6. The minimum Gasteiger partial charge on any atom is -0.421 e. The topological polar surface area (TPSA) is 78.9 Å². The van der Waals surface area contributed by atoms with E-state index in [2.05, 4.69) is 384 Å². The van der Waals surface area contributed by atoms with Crippen LogP contribution in [0.5, 0.6) is 17.2 Å². The SMILES string of the molecule is CC(C)c1ccc([S+](c2ccccc2)c2ccc(C(=O)Oc3c(I)cc(I)cc3I)cc2)cc1.Cc1ccc([S+](c2ccc(C)cc2)c2ccc(C(=O)Oc3c(I)cc(I)cc3I)cc2)cc1.Cc1ccc([S+](c2ccccc2)c2ccc(C(=O)Oc3c(I)cc(I)cc3I)cc2)cc1. The molecule has 0 aromatic heterocycles. The third kappa shape index (κ3) is 21.5. The Labute approximate surface area is 711 Å². The molecule has 0 fully saturated rings. The fraction of sp³-hybridized carbons (Fsp3) is 0.0741. The number of aryl methyl sites for hydroxylation is 3. The maximum absolute atomic E-state index is 12.9. The third-order valence-corrected chi connectivity index (χ3v) is 28.3. The highest BCUT2D eigenvalue weighted by atomic mass is 127. The average Bonchev–Trinajstić information content (AvgIpc) is 0.816. The number of rotatable bonds is 16. The van der Waals surface area contributed by atoms with Gasteiger partial charge in [-0.2, -0.15) is 0 Å². The number of carbonyl (C=O) groups is 3. The van der Waals surface area contributed by atoms with Crippen molar-refractivity contribution in [2.75, 3.05) is 0 Å². The van der Waals surface area contributed by atoms with Crippen molar-refractivity contribution in [3.05, 3.63) is 338 Å². The maximum Gasteiger partial charge on any atom is 0.343 e. The second-order valence-electron chi connectivity index (χ2n) is 22.5. The van der Waals surface area contributed by atoms with Crippen LogP contribution in [0, 0.1) is 52.9 Å². The third-order valence-electron chi connectivity index (χ3n) is 15.0. The maximum atomic E-state index is 12.9. The van der Waals surface area contributed by atoms with E-state index < -0.39 is 0 Å². The second kappa shape index (κ2) is 37.6. The molecule has 99 heavy (non-hydrogen) atoms. The zero-order valence-electron chi connectivity index (χ0n) is 53.6. The van der Waals surface area contributed by atoms with Crippen LogP contribution in [0.1, 0.15) is 73.1 Å². The number of hydrogen-bond donors (Lipinski definition) is 0. The number of halogens is 9. The van der Waals surface area contributed by atoms with Gasteiger partial charge in [-0.15, -0.1) is 0 Å². The van der Waals surface area contributed by atoms with Gasteiger partial charge in [-0.3, -0.25) is 0 Å². The molecule has 12 aromatic carbocycles. The van der Waals surface area contributed by atoms with Crippen molar-refractivity contribution in [3.8, 4) is 17.2 Å². The van der Waals surface area contributed by atoms with Crippen molar-refractivity contribution in [3.63, 3.8) is 0 Å². The molecule has 0 aliphatic heterocycles. The van der Waals surface area contributed by atoms with Crippen LogP contribution in [0.3, 0.4) is 0 Å². The molecule has 0 saturated heterocycles. The predicted molar refractivity (Wildman–Crippen MR) is 481 cm³/mol. The van der Waals surface area contributed by atoms with Crippen LogP contribution in [0.4, 0.5) is 0 Å². The van der Waals surface area contributed by atoms with Crippen LogP contribution in [0.15, 0.2) is 311 Å². The Kier molecular flexibility index (Phi) is 29.7. The van der Waals surface area contributed by atoms with Gasteiger partial charge in [-0.25, -0.2) is 14.4 Å². The number of carbonyl (C=O) groups excluding carboxylic acids is 3. The molecule has 0 saturated carbocycles. The van der Waals surface area contributed by atoms with Gasteiger partial charge >= 0.3 is 17.9 Å². The van der Waals surface area contributed by atoms with E-state index in [0.29, 0.717) is 39.9 Å². The lowest BCUT2D eigenvalue weighted by molar-refractivity contribution is 0.0722. The van der Waals surface area contributed by atoms with Gasteiger partial charge in [-0.05, 0) is 418 Å². The molecule has 18 heteroatoms. The van der Waals surface area contributed by atoms with E-state index in [4.69, 9.17) is 14.2 Å². The summed E-state index contributed by atoms with van der Waals surface area (Å²) in [5.41, 5.74) is 6.68. The average molecular weight is 2370 g/mol. The van der Waals surface area contributed by atoms with Gasteiger partial charge in [0.2, 0.25) is 0 Å². The van der Waals surface area contributed by atoms with Crippen molar-refractivity contribution in [1.29, 1.82) is 0 Å². The first-order valence-corrected chi connectivity index (χ1v) is 44.0. The van der Waals surface area contributed by atoms with Gasteiger partial charge in [0.25, 0.3) is 0 Å². The molecule has 12 rings (SSSR count). The molecule has 0 bridgehead atoms. The van der Waals surface area contributed by atoms with Crippen molar-refractivity contribution in [1.82, 2.24) is 0 Å². The Morgan fingerprint density at radius 1 is 0.273 bits per heavy atom. The summed E-state index contributed by atoms with van der Waals surface area (Å²) in [7, 11) is -0.764. The van der Waals surface area contributed by atoms with E-state index in [1.807, 2.05) is 121 Å². The van der Waals surface area contributed by atoms with Crippen LogP contribution in [-0.4, -0.2) is 17.9 Å². The van der Waals surface area contributed by atoms with Gasteiger partial charge in [0, 0.05) is 10.7 Å². The molecule has 0 spiro atoms. The standard InChI is InChI=1S/C28H22I3O2S.C27H20I3O2S.C26H18I3O2S/c1-18(2)19-8-12-23(13-9-19)34(22-6-4-3-5-7-22)24-14-10-20(11-15-24)28(32)33-27-25(30)16-21(29)17-26(27)31;1-17-3-9-21(10-4-17)33(22-11-5-18(2)6-12-22)23-13-7-19(8-14-23)27(31)32-26-24(29)15-20(28)16-25(26)30;1-17-7-11-21(12-8-17)32(20-5-3-2-4-6-20)22-13-9-18(10-14-22)26(30)31-25-23(28)15-19(27)16-24(25)29/h3-18H,1-2H3;3-16H,1-2H3;2-16H,1H3/q3*+1. The molecular weight excluding hydrogens is 2310 g/mol. The van der Waals surface area contributed by atoms with Gasteiger partial charge in [0.1, 0.15) is 0 Å². The Morgan fingerprint density at radius 2 is 0.465 bits per heavy atom. The highest BCUT2D eigenvalue weighted by Gasteiger charge is 2.32. The zero-order chi connectivity index (χ0) is 70.4. The first-order valence-electron chi connectivity index (χ1n) is 30.6. The lowest BCUT2D eigenvalue weighted by atomic mass is 10.0. The Bertz CT molecular complexity index is 4670. The van der Waals surface area contributed by atoms with E-state index in [0.717, 1.165) is 41.9 Å². The molecule has 498 valence electrons. The monoisotopic (exact) mass is 2370 g/mol. The quantitative estimate of drug-likeness (QED) is 0.0415. The number of esters is 3. The molecular formula is C81H60I9O6S3+3. The van der Waals surface area contributed by atoms with E-state index in [-0.39, 0.29) is 50.6 Å². The Balaban J connectivity index is 0.000000161. The van der Waals surface area contributed by atoms with Gasteiger partial charge in [0.15, 0.2) is 61.3 Å². The molecule has 6 nitrogen and oxygen atoms in total. The summed E-state index contributed by atoms with van der Waals surface area (Å²) in [5.74, 6) is 1.31. The molecule has 0 aliphatic rings. The van der Waals surface area contributed by atoms with Gasteiger partial charge in [-0.1, -0.05) is 115 Å². The first-order chi connectivity index (χ1) is 47.6. The lowest BCUT2D eigenvalue weighted by Crippen LogP contribution is -2.11. The molecule has 0 aliphatic carbocycles. The van der Waals surface area contributed by atoms with E-state index in [1.165, 1.54) is 56.5 Å². The first kappa shape index (κ1) is 78.3. The van der Waals surface area contributed by atoms with Crippen molar-refractivity contribution in [2.24, 2.45) is 0 Å². The molecule has 2 unspecified atom stereocenters. The molecule has 12 aromatic rings. The number of ether oxygens (including phenoxy) is 3. The molecule has 2 atom stereocenters. The molecule has 0 heterocycles. The van der Waals surface area contributed by atoms with E-state index in [1.54, 1.807) is 0 Å². The second-order valence-corrected chi connectivity index (χ2v) is 39.3. The predicted octanol–water partition coefficient (Wildman–Crippen LogP) is 25.5. The Hall–Kier alpha value is -3.33. The molecule has 0 amide bonds. The fourth-order valence-electron chi connectivity index (χ4n) is 9.87. The fourth-order valence-corrected chi connectivity index (χ4v) is 27.4. The van der Waals surface area contributed by atoms with E-state index >= 15 is 0 Å². The van der Waals surface area contributed by atoms with Crippen LogP contribution in [0.25, 0.3) is 0 Å². The van der Waals surface area contributed by atoms with Crippen molar-refractivity contribution < 1.29 is 28.6 Å². The Morgan fingerprint density at radius 3 is 0.677 bits per heavy atom. The van der Waals surface area contributed by atoms with Crippen molar-refractivity contribution >= 4 is 254 Å². The molecule has 0 N–H and O–H groups in total. The summed E-state index contributed by atoms with van der Waals surface area (Å²) >= 11 is 20.1. The highest BCUT2D eigenvalue weighted by Crippen LogP contribution is 2.38. The summed E-state index contributed by atoms with van der Waals surface area (Å²) in [6.07, 6.45) is 0. The zero-order valence-corrected chi connectivity index (χ0v) is 75.4. The van der Waals surface area contributed by atoms with Crippen LogP contribution in [0.2, 0.25) is 0 Å². The minimum atomic E-state index is -0.344. The largest absolute Gasteiger partial charge is 0.421 e. The lowest BCUT2D eigenvalue weighted by Gasteiger charge is -2.11. The molecule has 0 radical (unpaired) electrons. The van der Waals surface area contributed by atoms with E-state index in [9.17, 15) is 14.4 Å². The number of hydrogen-bond acceptors (Lipinski definition) is 6. The van der Waals surface area contributed by atoms with Crippen LogP contribution >= 0.6 is 203 Å². The minimum absolute atomic E-state index is 0.248. The van der Waals surface area contributed by atoms with Gasteiger partial charge in [0.05, 0.1) is 70.8 Å². The number of benzene rings is 12. The summed E-state index contributed by atoms with van der Waals surface area (Å²) in [5, 5.41) is 0. The van der Waals surface area contributed by atoms with Crippen LogP contribution in [-0.2, 0) is 32.7 Å². The summed E-state index contributed by atoms with van der Waals surface area (Å²) < 4.78 is 26.2. The smallest absolute Gasteiger partial charge is 0.343 e. The summed E-state index contributed by atoms with van der Waals surface area (Å²) in [4.78, 5) is 49.6. The van der Waals surface area contributed by atoms with Crippen molar-refractivity contribution in [2.45, 2.75) is 84.6 Å². The summed E-state index contributed by atoms with van der Waals surface area (Å²) in [6.45, 7) is 10.7.